The number of nitrogens with zero attached hydrogens (tertiary/aromatic N) is 7. The fourth-order valence-corrected chi connectivity index (χ4v) is 3.93. The Hall–Kier alpha value is -4.49. The van der Waals surface area contributed by atoms with Crippen LogP contribution in [0.25, 0.3) is 17.1 Å². The van der Waals surface area contributed by atoms with Crippen LogP contribution in [0.3, 0.4) is 0 Å². The standard InChI is InChI=1S/C21H20F2N10O2/c22-21(23)35-18-10-25-17(9-26-18)28-14-3-2-13(7-14)27-16-5-4-15(8-24-16)33-11-12(1-6-19(33)34)20-29-31-32-30-20/h1,4-6,8-11,13-14,21H,2-3,7H2,(H,24,27)(H,25,28)(H,29,30,31,32)/t13-,14-/m0/s1. The zero-order chi connectivity index (χ0) is 24.2. The lowest BCUT2D eigenvalue weighted by Crippen LogP contribution is -2.22. The number of nitrogens with one attached hydrogen (secondary N) is 3. The van der Waals surface area contributed by atoms with Gasteiger partial charge in [-0.15, -0.1) is 5.10 Å². The molecule has 14 heteroatoms. The molecule has 4 heterocycles. The Morgan fingerprint density at radius 3 is 2.46 bits per heavy atom. The van der Waals surface area contributed by atoms with Gasteiger partial charge in [0.2, 0.25) is 5.88 Å². The van der Waals surface area contributed by atoms with Gasteiger partial charge in [0.15, 0.2) is 5.82 Å². The first kappa shape index (κ1) is 22.3. The summed E-state index contributed by atoms with van der Waals surface area (Å²) in [5.74, 6) is 1.41. The predicted molar refractivity (Wildman–Crippen MR) is 120 cm³/mol. The second-order valence-electron chi connectivity index (χ2n) is 7.89. The molecular formula is C21H20F2N10O2. The second-order valence-corrected chi connectivity index (χ2v) is 7.89. The van der Waals surface area contributed by atoms with Crippen molar-refractivity contribution in [3.05, 3.63) is 59.4 Å². The second kappa shape index (κ2) is 9.79. The molecule has 1 fully saturated rings. The number of tetrazole rings is 1. The maximum Gasteiger partial charge on any atom is 0.388 e. The Labute approximate surface area is 196 Å². The van der Waals surface area contributed by atoms with Gasteiger partial charge in [0.1, 0.15) is 11.6 Å². The van der Waals surface area contributed by atoms with Crippen LogP contribution < -0.4 is 20.9 Å². The number of H-pyrrole nitrogens is 1. The number of aromatic amines is 1. The van der Waals surface area contributed by atoms with Crippen LogP contribution >= 0.6 is 0 Å². The summed E-state index contributed by atoms with van der Waals surface area (Å²) < 4.78 is 30.1. The molecule has 12 nitrogen and oxygen atoms in total. The van der Waals surface area contributed by atoms with Crippen LogP contribution in [0.2, 0.25) is 0 Å². The van der Waals surface area contributed by atoms with Crippen molar-refractivity contribution < 1.29 is 13.5 Å². The van der Waals surface area contributed by atoms with Crippen LogP contribution in [0.15, 0.2) is 53.8 Å². The van der Waals surface area contributed by atoms with Crippen LogP contribution in [0.1, 0.15) is 19.3 Å². The maximum absolute atomic E-state index is 12.4. The Balaban J connectivity index is 1.19. The molecule has 35 heavy (non-hydrogen) atoms. The molecular weight excluding hydrogens is 462 g/mol. The van der Waals surface area contributed by atoms with Gasteiger partial charge in [-0.25, -0.2) is 20.1 Å². The number of halogens is 2. The first-order valence-corrected chi connectivity index (χ1v) is 10.8. The Morgan fingerprint density at radius 2 is 1.80 bits per heavy atom. The quantitative estimate of drug-likeness (QED) is 0.341. The molecule has 4 aromatic rings. The molecule has 0 unspecified atom stereocenters. The van der Waals surface area contributed by atoms with Gasteiger partial charge in [-0.3, -0.25) is 9.36 Å². The van der Waals surface area contributed by atoms with Crippen molar-refractivity contribution in [3.8, 4) is 23.0 Å². The zero-order valence-electron chi connectivity index (χ0n) is 18.2. The smallest absolute Gasteiger partial charge is 0.388 e. The van der Waals surface area contributed by atoms with Crippen LogP contribution in [0, 0.1) is 0 Å². The van der Waals surface area contributed by atoms with Crippen molar-refractivity contribution in [1.82, 2.24) is 40.1 Å². The molecule has 0 aliphatic heterocycles. The minimum absolute atomic E-state index is 0.148. The van der Waals surface area contributed by atoms with E-state index in [4.69, 9.17) is 0 Å². The average molecular weight is 482 g/mol. The molecule has 0 radical (unpaired) electrons. The van der Waals surface area contributed by atoms with Gasteiger partial charge in [-0.1, -0.05) is 0 Å². The molecule has 4 aromatic heterocycles. The van der Waals surface area contributed by atoms with E-state index >= 15 is 0 Å². The van der Waals surface area contributed by atoms with Gasteiger partial charge in [0.25, 0.3) is 5.56 Å². The molecule has 0 bridgehead atoms. The Bertz CT molecular complexity index is 1310. The number of hydrogen-bond acceptors (Lipinski definition) is 10. The van der Waals surface area contributed by atoms with Gasteiger partial charge < -0.3 is 15.4 Å². The van der Waals surface area contributed by atoms with Crippen molar-refractivity contribution in [2.75, 3.05) is 10.6 Å². The normalized spacial score (nSPS) is 17.5. The zero-order valence-corrected chi connectivity index (χ0v) is 18.2. The summed E-state index contributed by atoms with van der Waals surface area (Å²) in [5.41, 5.74) is 1.08. The number of anilines is 2. The van der Waals surface area contributed by atoms with Gasteiger partial charge in [0, 0.05) is 29.9 Å². The van der Waals surface area contributed by atoms with E-state index in [0.29, 0.717) is 28.7 Å². The Kier molecular flexibility index (Phi) is 6.24. The summed E-state index contributed by atoms with van der Waals surface area (Å²) in [7, 11) is 0. The van der Waals surface area contributed by atoms with E-state index in [9.17, 15) is 13.6 Å². The molecule has 5 rings (SSSR count). The third-order valence-electron chi connectivity index (χ3n) is 5.53. The maximum atomic E-state index is 12.4. The van der Waals surface area contributed by atoms with E-state index in [1.165, 1.54) is 16.8 Å². The molecule has 1 saturated carbocycles. The average Bonchev–Trinajstić information content (AvgIpc) is 3.54. The molecule has 0 amide bonds. The molecule has 0 saturated heterocycles. The van der Waals surface area contributed by atoms with Crippen LogP contribution in [0.4, 0.5) is 20.4 Å². The van der Waals surface area contributed by atoms with Crippen molar-refractivity contribution >= 4 is 11.6 Å². The summed E-state index contributed by atoms with van der Waals surface area (Å²) in [6.45, 7) is -2.93. The summed E-state index contributed by atoms with van der Waals surface area (Å²) >= 11 is 0. The van der Waals surface area contributed by atoms with E-state index in [2.05, 4.69) is 50.9 Å². The van der Waals surface area contributed by atoms with Crippen LogP contribution in [0.5, 0.6) is 5.88 Å². The molecule has 1 aliphatic carbocycles. The van der Waals surface area contributed by atoms with Gasteiger partial charge in [0.05, 0.1) is 24.3 Å². The molecule has 3 N–H and O–H groups in total. The lowest BCUT2D eigenvalue weighted by Gasteiger charge is -2.16. The van der Waals surface area contributed by atoms with E-state index < -0.39 is 6.61 Å². The third-order valence-corrected chi connectivity index (χ3v) is 5.53. The number of alkyl halides is 2. The summed E-state index contributed by atoms with van der Waals surface area (Å²) in [5, 5.41) is 20.3. The van der Waals surface area contributed by atoms with E-state index in [0.717, 1.165) is 25.5 Å². The lowest BCUT2D eigenvalue weighted by molar-refractivity contribution is -0.0530. The van der Waals surface area contributed by atoms with Gasteiger partial charge in [-0.05, 0) is 47.9 Å². The number of ether oxygens (including phenoxy) is 1. The minimum Gasteiger partial charge on any atom is -0.415 e. The SMILES string of the molecule is O=c1ccc(-c2nnn[nH]2)cn1-c1ccc(N[C@H]2CC[C@H](Nc3cnc(OC(F)F)cn3)C2)nc1. The number of pyridine rings is 2. The lowest BCUT2D eigenvalue weighted by atomic mass is 10.2. The largest absolute Gasteiger partial charge is 0.415 e. The predicted octanol–water partition coefficient (Wildman–Crippen LogP) is 2.25. The Morgan fingerprint density at radius 1 is 1.00 bits per heavy atom. The summed E-state index contributed by atoms with van der Waals surface area (Å²) in [6, 6.07) is 7.05. The number of hydrogen-bond donors (Lipinski definition) is 3. The van der Waals surface area contributed by atoms with E-state index in [1.807, 2.05) is 12.1 Å². The van der Waals surface area contributed by atoms with Crippen LogP contribution in [-0.4, -0.2) is 58.8 Å². The molecule has 2 atom stereocenters. The van der Waals surface area contributed by atoms with E-state index in [-0.39, 0.29) is 23.5 Å². The van der Waals surface area contributed by atoms with Gasteiger partial charge >= 0.3 is 6.61 Å². The third kappa shape index (κ3) is 5.37. The first-order chi connectivity index (χ1) is 17.0. The van der Waals surface area contributed by atoms with E-state index in [1.54, 1.807) is 18.5 Å². The molecule has 1 aliphatic rings. The van der Waals surface area contributed by atoms with Crippen molar-refractivity contribution in [1.29, 1.82) is 0 Å². The molecule has 0 aromatic carbocycles. The number of aromatic nitrogens is 8. The van der Waals surface area contributed by atoms with Gasteiger partial charge in [-0.2, -0.15) is 8.78 Å². The topological polar surface area (TPSA) is 148 Å². The molecule has 180 valence electrons. The highest BCUT2D eigenvalue weighted by atomic mass is 19.3. The minimum atomic E-state index is -2.93. The van der Waals surface area contributed by atoms with Crippen molar-refractivity contribution in [2.45, 2.75) is 38.0 Å². The van der Waals surface area contributed by atoms with Crippen LogP contribution in [-0.2, 0) is 0 Å². The highest BCUT2D eigenvalue weighted by molar-refractivity contribution is 5.53. The fraction of sp³-hybridized carbons (Fsp3) is 0.286. The highest BCUT2D eigenvalue weighted by Gasteiger charge is 2.25. The van der Waals surface area contributed by atoms with Crippen molar-refractivity contribution in [3.63, 3.8) is 0 Å². The summed E-state index contributed by atoms with van der Waals surface area (Å²) in [6.07, 6.45) is 8.42. The highest BCUT2D eigenvalue weighted by Crippen LogP contribution is 2.25. The summed E-state index contributed by atoms with van der Waals surface area (Å²) in [4.78, 5) is 24.7. The number of rotatable bonds is 8. The first-order valence-electron chi connectivity index (χ1n) is 10.8. The molecule has 0 spiro atoms. The van der Waals surface area contributed by atoms with Crippen molar-refractivity contribution in [2.24, 2.45) is 0 Å². The fourth-order valence-electron chi connectivity index (χ4n) is 3.93. The monoisotopic (exact) mass is 482 g/mol.